The lowest BCUT2D eigenvalue weighted by Gasteiger charge is -2.12. The summed E-state index contributed by atoms with van der Waals surface area (Å²) in [6, 6.07) is 8.72. The number of para-hydroxylation sites is 1. The third-order valence-electron chi connectivity index (χ3n) is 2.73. The molecule has 0 atom stereocenters. The Morgan fingerprint density at radius 3 is 2.60 bits per heavy atom. The molecule has 6 heteroatoms. The van der Waals surface area contributed by atoms with E-state index in [-0.39, 0.29) is 29.4 Å². The number of hydrogen-bond donors (Lipinski definition) is 3. The van der Waals surface area contributed by atoms with Crippen LogP contribution in [0, 0.1) is 5.82 Å². The smallest absolute Gasteiger partial charge is 0.250 e. The highest BCUT2D eigenvalue weighted by Crippen LogP contribution is 2.30. The number of nitrogen functional groups attached to an aromatic ring is 1. The topological polar surface area (TPSA) is 98.6 Å². The normalized spacial score (nSPS) is 10.3. The summed E-state index contributed by atoms with van der Waals surface area (Å²) in [5, 5.41) is 9.18. The van der Waals surface area contributed by atoms with Gasteiger partial charge in [0.2, 0.25) is 0 Å². The van der Waals surface area contributed by atoms with Crippen molar-refractivity contribution < 1.29 is 19.0 Å². The Labute approximate surface area is 114 Å². The summed E-state index contributed by atoms with van der Waals surface area (Å²) in [7, 11) is 0. The van der Waals surface area contributed by atoms with E-state index in [1.165, 1.54) is 0 Å². The average molecular weight is 276 g/mol. The third-order valence-corrected chi connectivity index (χ3v) is 2.73. The molecule has 0 saturated heterocycles. The highest BCUT2D eigenvalue weighted by molar-refractivity contribution is 5.98. The van der Waals surface area contributed by atoms with Crippen LogP contribution in [0.2, 0.25) is 0 Å². The number of rotatable bonds is 4. The molecule has 0 saturated carbocycles. The minimum Gasteiger partial charge on any atom is -0.454 e. The minimum atomic E-state index is -0.775. The van der Waals surface area contributed by atoms with Gasteiger partial charge in [0.25, 0.3) is 5.91 Å². The van der Waals surface area contributed by atoms with Crippen molar-refractivity contribution in [2.75, 3.05) is 5.73 Å². The van der Waals surface area contributed by atoms with Gasteiger partial charge in [-0.3, -0.25) is 4.79 Å². The van der Waals surface area contributed by atoms with Crippen molar-refractivity contribution in [2.45, 2.75) is 6.61 Å². The molecule has 0 bridgehead atoms. The van der Waals surface area contributed by atoms with Crippen molar-refractivity contribution >= 4 is 11.6 Å². The Bertz CT molecular complexity index is 659. The molecule has 20 heavy (non-hydrogen) atoms. The summed E-state index contributed by atoms with van der Waals surface area (Å²) in [4.78, 5) is 11.2. The van der Waals surface area contributed by atoms with Crippen molar-refractivity contribution in [1.29, 1.82) is 0 Å². The number of aliphatic hydroxyl groups is 1. The van der Waals surface area contributed by atoms with Gasteiger partial charge in [-0.2, -0.15) is 0 Å². The molecule has 2 rings (SSSR count). The van der Waals surface area contributed by atoms with Crippen molar-refractivity contribution in [3.8, 4) is 11.5 Å². The van der Waals surface area contributed by atoms with Crippen LogP contribution in [0.3, 0.4) is 0 Å². The molecule has 0 aromatic heterocycles. The van der Waals surface area contributed by atoms with Gasteiger partial charge >= 0.3 is 0 Å². The Morgan fingerprint density at radius 2 is 1.95 bits per heavy atom. The minimum absolute atomic E-state index is 0.0251. The number of hydrogen-bond acceptors (Lipinski definition) is 4. The van der Waals surface area contributed by atoms with Crippen LogP contribution in [0.4, 0.5) is 10.1 Å². The van der Waals surface area contributed by atoms with Crippen molar-refractivity contribution in [3.05, 3.63) is 53.3 Å². The fraction of sp³-hybridized carbons (Fsp3) is 0.0714. The molecule has 5 nitrogen and oxygen atoms in total. The number of carbonyl (C=O) groups is 1. The molecule has 0 aliphatic heterocycles. The zero-order valence-corrected chi connectivity index (χ0v) is 10.5. The van der Waals surface area contributed by atoms with Gasteiger partial charge in [-0.25, -0.2) is 4.39 Å². The van der Waals surface area contributed by atoms with Crippen LogP contribution >= 0.6 is 0 Å². The summed E-state index contributed by atoms with van der Waals surface area (Å²) in [6.07, 6.45) is 0. The van der Waals surface area contributed by atoms with Gasteiger partial charge in [0.1, 0.15) is 5.75 Å². The molecule has 5 N–H and O–H groups in total. The number of nitrogens with two attached hydrogens (primary N) is 2. The fourth-order valence-electron chi connectivity index (χ4n) is 1.71. The lowest BCUT2D eigenvalue weighted by atomic mass is 10.1. The van der Waals surface area contributed by atoms with Gasteiger partial charge in [0.15, 0.2) is 11.6 Å². The van der Waals surface area contributed by atoms with Crippen LogP contribution in [0.1, 0.15) is 15.9 Å². The molecular weight excluding hydrogens is 263 g/mol. The number of carbonyl (C=O) groups excluding carboxylic acids is 1. The molecule has 1 amide bonds. The largest absolute Gasteiger partial charge is 0.454 e. The van der Waals surface area contributed by atoms with E-state index in [1.807, 2.05) is 0 Å². The van der Waals surface area contributed by atoms with Crippen LogP contribution < -0.4 is 16.2 Å². The molecule has 0 aliphatic rings. The van der Waals surface area contributed by atoms with Crippen LogP contribution in [-0.2, 0) is 6.61 Å². The van der Waals surface area contributed by atoms with Crippen molar-refractivity contribution in [3.63, 3.8) is 0 Å². The first-order chi connectivity index (χ1) is 9.52. The molecule has 0 aliphatic carbocycles. The van der Waals surface area contributed by atoms with Crippen molar-refractivity contribution in [1.82, 2.24) is 0 Å². The predicted octanol–water partition coefficient (Wildman–Crippen LogP) is 1.79. The second-order valence-electron chi connectivity index (χ2n) is 4.10. The molecule has 0 spiro atoms. The lowest BCUT2D eigenvalue weighted by molar-refractivity contribution is 0.100. The second-order valence-corrected chi connectivity index (χ2v) is 4.10. The maximum Gasteiger partial charge on any atom is 0.250 e. The molecule has 0 radical (unpaired) electrons. The highest BCUT2D eigenvalue weighted by atomic mass is 19.1. The number of benzene rings is 2. The van der Waals surface area contributed by atoms with Crippen LogP contribution in [0.15, 0.2) is 36.4 Å². The van der Waals surface area contributed by atoms with E-state index >= 15 is 0 Å². The first-order valence-electron chi connectivity index (χ1n) is 5.78. The van der Waals surface area contributed by atoms with E-state index in [4.69, 9.17) is 16.2 Å². The predicted molar refractivity (Wildman–Crippen MR) is 71.8 cm³/mol. The highest BCUT2D eigenvalue weighted by Gasteiger charge is 2.14. The molecular formula is C14H13FN2O3. The third kappa shape index (κ3) is 2.70. The first-order valence-corrected chi connectivity index (χ1v) is 5.78. The van der Waals surface area contributed by atoms with E-state index in [1.54, 1.807) is 24.3 Å². The molecule has 2 aromatic rings. The Balaban J connectivity index is 2.43. The number of aliphatic hydroxyl groups excluding tert-OH is 1. The van der Waals surface area contributed by atoms with Gasteiger partial charge in [0.05, 0.1) is 12.2 Å². The second kappa shape index (κ2) is 5.58. The van der Waals surface area contributed by atoms with Gasteiger partial charge in [-0.1, -0.05) is 18.2 Å². The monoisotopic (exact) mass is 276 g/mol. The SMILES string of the molecule is NC(=O)c1cc(Oc2ccccc2CO)c(F)cc1N. The van der Waals surface area contributed by atoms with Gasteiger partial charge < -0.3 is 21.3 Å². The van der Waals surface area contributed by atoms with Gasteiger partial charge in [-0.05, 0) is 12.1 Å². The number of ether oxygens (including phenoxy) is 1. The van der Waals surface area contributed by atoms with E-state index in [9.17, 15) is 14.3 Å². The summed E-state index contributed by atoms with van der Waals surface area (Å²) in [5.41, 5.74) is 11.1. The summed E-state index contributed by atoms with van der Waals surface area (Å²) in [6.45, 7) is -0.255. The number of amides is 1. The summed E-state index contributed by atoms with van der Waals surface area (Å²) >= 11 is 0. The van der Waals surface area contributed by atoms with Gasteiger partial charge in [-0.15, -0.1) is 0 Å². The van der Waals surface area contributed by atoms with E-state index in [0.29, 0.717) is 5.56 Å². The van der Waals surface area contributed by atoms with Crippen LogP contribution in [-0.4, -0.2) is 11.0 Å². The van der Waals surface area contributed by atoms with Crippen LogP contribution in [0.5, 0.6) is 11.5 Å². The maximum absolute atomic E-state index is 13.8. The molecule has 0 heterocycles. The van der Waals surface area contributed by atoms with E-state index in [2.05, 4.69) is 0 Å². The first kappa shape index (κ1) is 13.8. The molecule has 2 aromatic carbocycles. The van der Waals surface area contributed by atoms with Crippen molar-refractivity contribution in [2.24, 2.45) is 5.73 Å². The Kier molecular flexibility index (Phi) is 3.86. The zero-order chi connectivity index (χ0) is 14.7. The Morgan fingerprint density at radius 1 is 1.25 bits per heavy atom. The van der Waals surface area contributed by atoms with E-state index < -0.39 is 11.7 Å². The molecule has 104 valence electrons. The maximum atomic E-state index is 13.8. The quantitative estimate of drug-likeness (QED) is 0.741. The average Bonchev–Trinajstić information content (AvgIpc) is 2.42. The number of anilines is 1. The standard InChI is InChI=1S/C14H13FN2O3/c15-10-6-11(16)9(14(17)19)5-13(10)20-12-4-2-1-3-8(12)7-18/h1-6,18H,7,16H2,(H2,17,19). The molecule has 0 unspecified atom stereocenters. The van der Waals surface area contributed by atoms with Crippen LogP contribution in [0.25, 0.3) is 0 Å². The lowest BCUT2D eigenvalue weighted by Crippen LogP contribution is -2.14. The molecule has 0 fully saturated rings. The van der Waals surface area contributed by atoms with E-state index in [0.717, 1.165) is 12.1 Å². The number of halogens is 1. The Hall–Kier alpha value is -2.60. The summed E-state index contributed by atoms with van der Waals surface area (Å²) < 4.78 is 19.2. The fourth-order valence-corrected chi connectivity index (χ4v) is 1.71. The zero-order valence-electron chi connectivity index (χ0n) is 10.5. The van der Waals surface area contributed by atoms with Gasteiger partial charge in [0, 0.05) is 17.3 Å². The number of primary amides is 1. The summed E-state index contributed by atoms with van der Waals surface area (Å²) in [5.74, 6) is -1.40.